The maximum atomic E-state index is 11.4. The Morgan fingerprint density at radius 3 is 2.75 bits per heavy atom. The zero-order valence-corrected chi connectivity index (χ0v) is 10.3. The zero-order valence-electron chi connectivity index (χ0n) is 8.00. The van der Waals surface area contributed by atoms with Crippen LogP contribution in [0.4, 0.5) is 0 Å². The summed E-state index contributed by atoms with van der Waals surface area (Å²) in [4.78, 5) is 26.3. The lowest BCUT2D eigenvalue weighted by Crippen LogP contribution is -2.29. The number of carbonyl (C=O) groups excluding carboxylic acids is 2. The monoisotopic (exact) mass is 306 g/mol. The van der Waals surface area contributed by atoms with E-state index in [9.17, 15) is 9.59 Å². The van der Waals surface area contributed by atoms with E-state index in [4.69, 9.17) is 17.3 Å². The van der Waals surface area contributed by atoms with E-state index < -0.39 is 11.8 Å². The van der Waals surface area contributed by atoms with Crippen molar-refractivity contribution in [3.05, 3.63) is 33.3 Å². The molecule has 0 aromatic heterocycles. The van der Waals surface area contributed by atoms with Crippen molar-refractivity contribution >= 4 is 39.3 Å². The van der Waals surface area contributed by atoms with Gasteiger partial charge < -0.3 is 5.73 Å². The number of halogens is 2. The van der Waals surface area contributed by atoms with E-state index in [1.165, 1.54) is 12.1 Å². The Hall–Kier alpha value is -1.11. The second-order valence-electron chi connectivity index (χ2n) is 2.82. The molecule has 0 saturated carbocycles. The average molecular weight is 308 g/mol. The Balaban J connectivity index is 2.59. The molecule has 1 rings (SSSR count). The second-order valence-corrected chi connectivity index (χ2v) is 4.08. The van der Waals surface area contributed by atoms with E-state index in [0.717, 1.165) is 0 Å². The van der Waals surface area contributed by atoms with Crippen LogP contribution >= 0.6 is 27.5 Å². The Kier molecular flexibility index (Phi) is 4.72. The van der Waals surface area contributed by atoms with Gasteiger partial charge in [0.2, 0.25) is 5.91 Å². The molecule has 0 heterocycles. The van der Waals surface area contributed by atoms with Gasteiger partial charge in [0.15, 0.2) is 6.61 Å². The van der Waals surface area contributed by atoms with Gasteiger partial charge in [0.1, 0.15) is 0 Å². The van der Waals surface area contributed by atoms with Gasteiger partial charge in [-0.1, -0.05) is 11.6 Å². The third-order valence-corrected chi connectivity index (χ3v) is 2.78. The lowest BCUT2D eigenvalue weighted by Gasteiger charge is -2.05. The highest BCUT2D eigenvalue weighted by Crippen LogP contribution is 2.23. The fraction of sp³-hybridized carbons (Fsp3) is 0.111. The smallest absolute Gasteiger partial charge is 0.274 e. The van der Waals surface area contributed by atoms with Gasteiger partial charge in [-0.25, -0.2) is 5.48 Å². The fourth-order valence-corrected chi connectivity index (χ4v) is 1.37. The predicted molar refractivity (Wildman–Crippen MR) is 61.8 cm³/mol. The number of benzene rings is 1. The molecule has 7 heteroatoms. The van der Waals surface area contributed by atoms with Crippen LogP contribution in [0.2, 0.25) is 5.02 Å². The summed E-state index contributed by atoms with van der Waals surface area (Å²) < 4.78 is 0.594. The number of nitrogens with one attached hydrogen (secondary N) is 1. The van der Waals surface area contributed by atoms with Gasteiger partial charge in [-0.15, -0.1) is 0 Å². The first-order valence-corrected chi connectivity index (χ1v) is 5.33. The standard InChI is InChI=1S/C9H8BrClN2O3/c10-6-3-5(1-2-7(6)11)9(15)13-16-4-8(12)14/h1-3H,4H2,(H2,12,14)(H,13,15). The zero-order chi connectivity index (χ0) is 12.1. The van der Waals surface area contributed by atoms with Crippen molar-refractivity contribution in [2.24, 2.45) is 5.73 Å². The number of primary amides is 1. The number of hydrogen-bond acceptors (Lipinski definition) is 3. The number of hydroxylamine groups is 1. The first-order valence-electron chi connectivity index (χ1n) is 4.16. The number of amides is 2. The molecule has 0 radical (unpaired) electrons. The highest BCUT2D eigenvalue weighted by Gasteiger charge is 2.08. The fourth-order valence-electron chi connectivity index (χ4n) is 0.869. The van der Waals surface area contributed by atoms with Crippen LogP contribution < -0.4 is 11.2 Å². The van der Waals surface area contributed by atoms with Gasteiger partial charge in [-0.2, -0.15) is 0 Å². The molecule has 0 atom stereocenters. The molecule has 1 aromatic rings. The van der Waals surface area contributed by atoms with Gasteiger partial charge in [0.05, 0.1) is 5.02 Å². The topological polar surface area (TPSA) is 81.4 Å². The van der Waals surface area contributed by atoms with Gasteiger partial charge >= 0.3 is 0 Å². The number of rotatable bonds is 4. The summed E-state index contributed by atoms with van der Waals surface area (Å²) >= 11 is 8.94. The van der Waals surface area contributed by atoms with Crippen molar-refractivity contribution < 1.29 is 14.4 Å². The summed E-state index contributed by atoms with van der Waals surface area (Å²) in [6, 6.07) is 4.62. The van der Waals surface area contributed by atoms with Gasteiger partial charge in [-0.3, -0.25) is 14.4 Å². The van der Waals surface area contributed by atoms with Crippen LogP contribution in [-0.4, -0.2) is 18.4 Å². The minimum atomic E-state index is -0.669. The molecular formula is C9H8BrClN2O3. The summed E-state index contributed by atoms with van der Waals surface area (Å²) in [6.07, 6.45) is 0. The van der Waals surface area contributed by atoms with E-state index in [1.807, 2.05) is 0 Å². The van der Waals surface area contributed by atoms with Crippen LogP contribution in [0.15, 0.2) is 22.7 Å². The Labute approximate surface area is 105 Å². The molecule has 16 heavy (non-hydrogen) atoms. The van der Waals surface area contributed by atoms with Crippen molar-refractivity contribution in [1.29, 1.82) is 0 Å². The van der Waals surface area contributed by atoms with Crippen molar-refractivity contribution in [2.75, 3.05) is 6.61 Å². The van der Waals surface area contributed by atoms with Crippen LogP contribution in [0, 0.1) is 0 Å². The van der Waals surface area contributed by atoms with Crippen LogP contribution in [0.25, 0.3) is 0 Å². The summed E-state index contributed by atoms with van der Waals surface area (Å²) in [5.41, 5.74) is 7.24. The lowest BCUT2D eigenvalue weighted by atomic mass is 10.2. The van der Waals surface area contributed by atoms with Gasteiger partial charge in [0.25, 0.3) is 5.91 Å². The average Bonchev–Trinajstić information content (AvgIpc) is 2.21. The van der Waals surface area contributed by atoms with E-state index in [2.05, 4.69) is 26.2 Å². The maximum Gasteiger partial charge on any atom is 0.274 e. The Morgan fingerprint density at radius 1 is 1.50 bits per heavy atom. The van der Waals surface area contributed by atoms with E-state index in [0.29, 0.717) is 15.1 Å². The quantitative estimate of drug-likeness (QED) is 0.821. The van der Waals surface area contributed by atoms with E-state index >= 15 is 0 Å². The first kappa shape index (κ1) is 13.0. The Bertz CT molecular complexity index is 425. The molecule has 1 aromatic carbocycles. The molecule has 86 valence electrons. The maximum absolute atomic E-state index is 11.4. The highest BCUT2D eigenvalue weighted by atomic mass is 79.9. The molecule has 2 amide bonds. The molecule has 0 bridgehead atoms. The summed E-state index contributed by atoms with van der Waals surface area (Å²) in [6.45, 7) is -0.375. The van der Waals surface area contributed by atoms with Crippen LogP contribution in [0.5, 0.6) is 0 Å². The number of hydrogen-bond donors (Lipinski definition) is 2. The summed E-state index contributed by atoms with van der Waals surface area (Å²) in [7, 11) is 0. The van der Waals surface area contributed by atoms with Crippen molar-refractivity contribution in [3.63, 3.8) is 0 Å². The van der Waals surface area contributed by atoms with Crippen LogP contribution in [-0.2, 0) is 9.63 Å². The molecule has 0 fully saturated rings. The second kappa shape index (κ2) is 5.83. The minimum absolute atomic E-state index is 0.348. The predicted octanol–water partition coefficient (Wildman–Crippen LogP) is 1.25. The van der Waals surface area contributed by atoms with Crippen molar-refractivity contribution in [3.8, 4) is 0 Å². The number of nitrogens with two attached hydrogens (primary N) is 1. The largest absolute Gasteiger partial charge is 0.368 e. The summed E-state index contributed by atoms with van der Waals surface area (Å²) in [5.74, 6) is -1.16. The normalized spacial score (nSPS) is 9.88. The van der Waals surface area contributed by atoms with Crippen molar-refractivity contribution in [1.82, 2.24) is 5.48 Å². The van der Waals surface area contributed by atoms with Gasteiger partial charge in [0, 0.05) is 10.0 Å². The summed E-state index contributed by atoms with van der Waals surface area (Å²) in [5, 5.41) is 0.495. The van der Waals surface area contributed by atoms with Gasteiger partial charge in [-0.05, 0) is 34.1 Å². The molecule has 5 nitrogen and oxygen atoms in total. The molecule has 0 spiro atoms. The van der Waals surface area contributed by atoms with Crippen LogP contribution in [0.1, 0.15) is 10.4 Å². The number of carbonyl (C=O) groups is 2. The van der Waals surface area contributed by atoms with Crippen LogP contribution in [0.3, 0.4) is 0 Å². The first-order chi connectivity index (χ1) is 7.50. The highest BCUT2D eigenvalue weighted by molar-refractivity contribution is 9.10. The molecule has 3 N–H and O–H groups in total. The lowest BCUT2D eigenvalue weighted by molar-refractivity contribution is -0.124. The van der Waals surface area contributed by atoms with Crippen molar-refractivity contribution in [2.45, 2.75) is 0 Å². The van der Waals surface area contributed by atoms with E-state index in [-0.39, 0.29) is 6.61 Å². The Morgan fingerprint density at radius 2 is 2.19 bits per heavy atom. The third-order valence-electron chi connectivity index (χ3n) is 1.56. The third kappa shape index (κ3) is 3.80. The molecule has 0 aliphatic rings. The van der Waals surface area contributed by atoms with E-state index in [1.54, 1.807) is 6.07 Å². The SMILES string of the molecule is NC(=O)CONC(=O)c1ccc(Cl)c(Br)c1. The minimum Gasteiger partial charge on any atom is -0.368 e. The molecule has 0 unspecified atom stereocenters. The molecule has 0 aliphatic heterocycles. The molecular weight excluding hydrogens is 299 g/mol. The molecule has 0 aliphatic carbocycles. The molecule has 0 saturated heterocycles.